The van der Waals surface area contributed by atoms with Crippen LogP contribution in [0.3, 0.4) is 0 Å². The largest absolute Gasteiger partial charge is 0.488 e. The number of rotatable bonds is 8. The van der Waals surface area contributed by atoms with Gasteiger partial charge in [-0.3, -0.25) is 25.0 Å². The van der Waals surface area contributed by atoms with Crippen molar-refractivity contribution in [1.82, 2.24) is 9.66 Å². The average Bonchev–Trinajstić information content (AvgIpc) is 2.87. The second-order valence-corrected chi connectivity index (χ2v) is 8.52. The normalized spacial score (nSPS) is 11.2. The maximum absolute atomic E-state index is 13.1. The summed E-state index contributed by atoms with van der Waals surface area (Å²) in [6, 6.07) is 15.1. The number of halogens is 1. The molecule has 0 aliphatic heterocycles. The van der Waals surface area contributed by atoms with Crippen molar-refractivity contribution in [3.05, 3.63) is 113 Å². The van der Waals surface area contributed by atoms with Crippen molar-refractivity contribution in [2.75, 3.05) is 0 Å². The summed E-state index contributed by atoms with van der Waals surface area (Å²) in [4.78, 5) is 38.9. The minimum absolute atomic E-state index is 0.0218. The molecule has 0 N–H and O–H groups in total. The van der Waals surface area contributed by atoms with Gasteiger partial charge in [0, 0.05) is 40.7 Å². The predicted octanol–water partition coefficient (Wildman–Crippen LogP) is 5.00. The van der Waals surface area contributed by atoms with E-state index in [1.165, 1.54) is 36.5 Å². The molecular formula is C24H18BrN5O6. The van der Waals surface area contributed by atoms with Crippen LogP contribution in [0.4, 0.5) is 11.4 Å². The summed E-state index contributed by atoms with van der Waals surface area (Å²) in [6.45, 7) is 1.81. The van der Waals surface area contributed by atoms with E-state index >= 15 is 0 Å². The molecule has 0 radical (unpaired) electrons. The number of non-ortho nitro benzene ring substituents is 2. The highest BCUT2D eigenvalue weighted by Gasteiger charge is 2.14. The maximum atomic E-state index is 13.1. The van der Waals surface area contributed by atoms with Crippen LogP contribution < -0.4 is 10.3 Å². The van der Waals surface area contributed by atoms with Crippen molar-refractivity contribution >= 4 is 44.4 Å². The number of ether oxygens (including phenoxy) is 1. The molecule has 12 heteroatoms. The van der Waals surface area contributed by atoms with Gasteiger partial charge in [-0.1, -0.05) is 35.0 Å². The molecule has 0 spiro atoms. The quantitative estimate of drug-likeness (QED) is 0.170. The van der Waals surface area contributed by atoms with Crippen LogP contribution in [0.2, 0.25) is 0 Å². The summed E-state index contributed by atoms with van der Waals surface area (Å²) < 4.78 is 7.67. The van der Waals surface area contributed by atoms with Gasteiger partial charge in [0.25, 0.3) is 16.9 Å². The lowest BCUT2D eigenvalue weighted by atomic mass is 10.2. The second kappa shape index (κ2) is 10.4. The van der Waals surface area contributed by atoms with Crippen molar-refractivity contribution in [3.8, 4) is 5.75 Å². The van der Waals surface area contributed by atoms with Crippen LogP contribution in [0.15, 0.2) is 75.0 Å². The fraction of sp³-hybridized carbons (Fsp3) is 0.125. The molecule has 36 heavy (non-hydrogen) atoms. The maximum Gasteiger partial charge on any atom is 0.282 e. The van der Waals surface area contributed by atoms with Gasteiger partial charge in [0.2, 0.25) is 0 Å². The van der Waals surface area contributed by atoms with Crippen molar-refractivity contribution in [1.29, 1.82) is 0 Å². The summed E-state index contributed by atoms with van der Waals surface area (Å²) in [5, 5.41) is 27.0. The number of nitro groups is 2. The second-order valence-electron chi connectivity index (χ2n) is 7.60. The van der Waals surface area contributed by atoms with Crippen molar-refractivity contribution < 1.29 is 14.6 Å². The van der Waals surface area contributed by atoms with Crippen LogP contribution in [0, 0.1) is 20.2 Å². The van der Waals surface area contributed by atoms with Gasteiger partial charge in [-0.05, 0) is 29.8 Å². The Balaban J connectivity index is 1.73. The number of hydrogen-bond donors (Lipinski definition) is 0. The van der Waals surface area contributed by atoms with E-state index in [0.29, 0.717) is 33.2 Å². The Morgan fingerprint density at radius 1 is 1.06 bits per heavy atom. The zero-order valence-electron chi connectivity index (χ0n) is 18.8. The third-order valence-electron chi connectivity index (χ3n) is 5.22. The minimum Gasteiger partial charge on any atom is -0.488 e. The van der Waals surface area contributed by atoms with E-state index in [-0.39, 0.29) is 34.9 Å². The lowest BCUT2D eigenvalue weighted by Gasteiger charge is -2.10. The standard InChI is InChI=1S/C24H18BrN5O6/c1-2-23-27-21-8-6-17(25)12-20(21)24(31)28(23)26-13-16-11-19(30(34)35)7-9-22(16)36-14-15-4-3-5-18(10-15)29(32)33/h3-13H,2,14H2,1H3. The number of hydrogen-bond acceptors (Lipinski definition) is 8. The average molecular weight is 552 g/mol. The molecule has 11 nitrogen and oxygen atoms in total. The number of aryl methyl sites for hydroxylation is 1. The molecular weight excluding hydrogens is 534 g/mol. The first kappa shape index (κ1) is 24.7. The third-order valence-corrected chi connectivity index (χ3v) is 5.72. The van der Waals surface area contributed by atoms with Crippen molar-refractivity contribution in [3.63, 3.8) is 0 Å². The smallest absolute Gasteiger partial charge is 0.282 e. The molecule has 0 atom stereocenters. The molecule has 0 aliphatic rings. The van der Waals surface area contributed by atoms with E-state index in [9.17, 15) is 25.0 Å². The molecule has 1 aromatic heterocycles. The van der Waals surface area contributed by atoms with Crippen LogP contribution in [-0.2, 0) is 13.0 Å². The molecule has 1 heterocycles. The molecule has 0 bridgehead atoms. The van der Waals surface area contributed by atoms with Gasteiger partial charge in [0.1, 0.15) is 18.2 Å². The van der Waals surface area contributed by atoms with E-state index in [2.05, 4.69) is 26.0 Å². The SMILES string of the molecule is CCc1nc2ccc(Br)cc2c(=O)n1N=Cc1cc([N+](=O)[O-])ccc1OCc1cccc([N+](=O)[O-])c1. The molecule has 0 amide bonds. The Morgan fingerprint density at radius 3 is 2.53 bits per heavy atom. The first-order valence-corrected chi connectivity index (χ1v) is 11.5. The Labute approximate surface area is 212 Å². The lowest BCUT2D eigenvalue weighted by Crippen LogP contribution is -2.22. The molecule has 0 saturated carbocycles. The molecule has 0 saturated heterocycles. The molecule has 4 aromatic rings. The zero-order valence-corrected chi connectivity index (χ0v) is 20.4. The fourth-order valence-electron chi connectivity index (χ4n) is 3.47. The number of benzene rings is 3. The van der Waals surface area contributed by atoms with Gasteiger partial charge in [-0.25, -0.2) is 4.98 Å². The van der Waals surface area contributed by atoms with Gasteiger partial charge >= 0.3 is 0 Å². The number of nitro benzene ring substituents is 2. The Morgan fingerprint density at radius 2 is 1.81 bits per heavy atom. The molecule has 0 fully saturated rings. The Hall–Kier alpha value is -4.45. The van der Waals surface area contributed by atoms with E-state index < -0.39 is 9.85 Å². The monoisotopic (exact) mass is 551 g/mol. The Bertz CT molecular complexity index is 1580. The van der Waals surface area contributed by atoms with E-state index in [4.69, 9.17) is 4.74 Å². The summed E-state index contributed by atoms with van der Waals surface area (Å²) in [5.41, 5.74) is 0.658. The number of aromatic nitrogens is 2. The first-order valence-electron chi connectivity index (χ1n) is 10.7. The van der Waals surface area contributed by atoms with Gasteiger partial charge in [-0.2, -0.15) is 9.78 Å². The predicted molar refractivity (Wildman–Crippen MR) is 137 cm³/mol. The number of fused-ring (bicyclic) bond motifs is 1. The van der Waals surface area contributed by atoms with Gasteiger partial charge < -0.3 is 4.74 Å². The summed E-state index contributed by atoms with van der Waals surface area (Å²) >= 11 is 3.35. The molecule has 3 aromatic carbocycles. The molecule has 182 valence electrons. The molecule has 0 aliphatic carbocycles. The molecule has 0 unspecified atom stereocenters. The van der Waals surface area contributed by atoms with E-state index in [1.54, 1.807) is 30.3 Å². The third kappa shape index (κ3) is 5.28. The highest BCUT2D eigenvalue weighted by Crippen LogP contribution is 2.25. The van der Waals surface area contributed by atoms with Gasteiger partial charge in [0.15, 0.2) is 0 Å². The minimum atomic E-state index is -0.555. The highest BCUT2D eigenvalue weighted by atomic mass is 79.9. The van der Waals surface area contributed by atoms with Crippen LogP contribution in [-0.4, -0.2) is 25.7 Å². The first-order chi connectivity index (χ1) is 17.3. The Kier molecular flexibility index (Phi) is 7.15. The lowest BCUT2D eigenvalue weighted by molar-refractivity contribution is -0.385. The summed E-state index contributed by atoms with van der Waals surface area (Å²) in [6.07, 6.45) is 1.71. The van der Waals surface area contributed by atoms with Crippen molar-refractivity contribution in [2.45, 2.75) is 20.0 Å². The fourth-order valence-corrected chi connectivity index (χ4v) is 3.83. The van der Waals surface area contributed by atoms with Gasteiger partial charge in [-0.15, -0.1) is 0 Å². The van der Waals surface area contributed by atoms with Gasteiger partial charge in [0.05, 0.1) is 27.0 Å². The highest BCUT2D eigenvalue weighted by molar-refractivity contribution is 9.10. The van der Waals surface area contributed by atoms with Crippen LogP contribution in [0.5, 0.6) is 5.75 Å². The van der Waals surface area contributed by atoms with E-state index in [0.717, 1.165) is 4.68 Å². The molecule has 4 rings (SSSR count). The number of nitrogens with zero attached hydrogens (tertiary/aromatic N) is 5. The zero-order chi connectivity index (χ0) is 25.8. The van der Waals surface area contributed by atoms with Crippen LogP contribution >= 0.6 is 15.9 Å². The van der Waals surface area contributed by atoms with E-state index in [1.807, 2.05) is 6.92 Å². The topological polar surface area (TPSA) is 143 Å². The van der Waals surface area contributed by atoms with Crippen LogP contribution in [0.25, 0.3) is 10.9 Å². The summed E-state index contributed by atoms with van der Waals surface area (Å²) in [5.74, 6) is 0.661. The summed E-state index contributed by atoms with van der Waals surface area (Å²) in [7, 11) is 0. The van der Waals surface area contributed by atoms with Crippen molar-refractivity contribution in [2.24, 2.45) is 5.10 Å². The van der Waals surface area contributed by atoms with Crippen LogP contribution in [0.1, 0.15) is 23.9 Å².